The molecule has 4 heteroatoms. The van der Waals surface area contributed by atoms with Gasteiger partial charge in [-0.3, -0.25) is 9.78 Å². The third kappa shape index (κ3) is 8.39. The zero-order valence-corrected chi connectivity index (χ0v) is 26.1. The fraction of sp³-hybridized carbons (Fsp3) is 0.438. The number of hydrogen-bond donors (Lipinski definition) is 1. The molecule has 1 N–H and O–H groups in total. The normalized spacial score (nSPS) is 12.2. The zero-order valence-electron chi connectivity index (χ0n) is 23.8. The number of rotatable bonds is 3. The Balaban J connectivity index is 0.000000402. The Bertz CT molecular complexity index is 1220. The molecular weight excluding hydrogens is 623 g/mol. The Morgan fingerprint density at radius 3 is 2.08 bits per heavy atom. The third-order valence-electron chi connectivity index (χ3n) is 5.91. The van der Waals surface area contributed by atoms with Crippen LogP contribution in [0.2, 0.25) is 0 Å². The first-order valence-electron chi connectivity index (χ1n) is 12.4. The predicted molar refractivity (Wildman–Crippen MR) is 149 cm³/mol. The van der Waals surface area contributed by atoms with Crippen molar-refractivity contribution < 1.29 is 30.0 Å². The molecule has 1 heterocycles. The molecule has 3 nitrogen and oxygen atoms in total. The van der Waals surface area contributed by atoms with Crippen molar-refractivity contribution >= 4 is 16.7 Å². The Hall–Kier alpha value is -2.29. The van der Waals surface area contributed by atoms with Gasteiger partial charge in [-0.25, -0.2) is 0 Å². The fourth-order valence-electron chi connectivity index (χ4n) is 3.60. The standard InChI is InChI=1S/C21H22N.C11H20O2.Ir/c1-13(2)18-12-19-16(5)7-6-8-20(19)22-21(18)17-10-14(3)9-15(4)11-17;1-10(2,3)8(12)7-9(13)11(4,5)6;/h6-10,12-13H,1-5H3;7,12H,1-6H3;/q-1;;/b;8-7-;. The molecule has 0 aliphatic rings. The molecule has 0 fully saturated rings. The number of aliphatic hydroxyl groups excluding tert-OH is 1. The van der Waals surface area contributed by atoms with Gasteiger partial charge in [-0.15, -0.1) is 34.9 Å². The van der Waals surface area contributed by atoms with Crippen molar-refractivity contribution in [3.05, 3.63) is 76.6 Å². The number of fused-ring (bicyclic) bond motifs is 1. The summed E-state index contributed by atoms with van der Waals surface area (Å²) in [4.78, 5) is 16.5. The predicted octanol–water partition coefficient (Wildman–Crippen LogP) is 8.84. The molecule has 0 aliphatic carbocycles. The van der Waals surface area contributed by atoms with Crippen LogP contribution in [0.5, 0.6) is 0 Å². The molecule has 2 aromatic carbocycles. The second-order valence-electron chi connectivity index (χ2n) is 11.9. The average Bonchev–Trinajstić information content (AvgIpc) is 2.71. The van der Waals surface area contributed by atoms with E-state index in [1.54, 1.807) is 0 Å². The zero-order chi connectivity index (χ0) is 26.7. The van der Waals surface area contributed by atoms with E-state index in [1.807, 2.05) is 41.5 Å². The van der Waals surface area contributed by atoms with Crippen LogP contribution in [0, 0.1) is 37.7 Å². The summed E-state index contributed by atoms with van der Waals surface area (Å²) in [6.07, 6.45) is 1.33. The first-order valence-corrected chi connectivity index (χ1v) is 12.4. The van der Waals surface area contributed by atoms with E-state index in [9.17, 15) is 9.90 Å². The minimum Gasteiger partial charge on any atom is -0.512 e. The Morgan fingerprint density at radius 1 is 0.972 bits per heavy atom. The number of aryl methyl sites for hydroxylation is 3. The SMILES string of the molecule is CC(C)(C)C(=O)/C=C(\O)C(C)(C)C.Cc1[c-]c(-c2nc3cccc(C)c3cc2C(C)C)cc(C)c1.[Ir]. The first kappa shape index (κ1) is 31.7. The number of allylic oxidation sites excluding steroid dienone is 2. The van der Waals surface area contributed by atoms with Gasteiger partial charge in [0, 0.05) is 42.4 Å². The van der Waals surface area contributed by atoms with E-state index >= 15 is 0 Å². The summed E-state index contributed by atoms with van der Waals surface area (Å²) in [5.41, 5.74) is 7.46. The van der Waals surface area contributed by atoms with Crippen molar-refractivity contribution in [2.75, 3.05) is 0 Å². The maximum atomic E-state index is 11.5. The van der Waals surface area contributed by atoms with Crippen molar-refractivity contribution in [2.24, 2.45) is 10.8 Å². The number of pyridine rings is 1. The minimum absolute atomic E-state index is 0. The smallest absolute Gasteiger partial charge is 0.164 e. The Labute approximate surface area is 231 Å². The van der Waals surface area contributed by atoms with Gasteiger partial charge in [0.15, 0.2) is 5.78 Å². The van der Waals surface area contributed by atoms with Crippen molar-refractivity contribution in [3.63, 3.8) is 0 Å². The van der Waals surface area contributed by atoms with E-state index in [0.29, 0.717) is 5.92 Å². The van der Waals surface area contributed by atoms with Gasteiger partial charge in [0.25, 0.3) is 0 Å². The molecule has 0 amide bonds. The summed E-state index contributed by atoms with van der Waals surface area (Å²) in [6, 6.07) is 16.4. The van der Waals surface area contributed by atoms with E-state index in [0.717, 1.165) is 22.3 Å². The molecule has 3 aromatic rings. The summed E-state index contributed by atoms with van der Waals surface area (Å²) in [5, 5.41) is 10.8. The maximum absolute atomic E-state index is 11.5. The van der Waals surface area contributed by atoms with E-state index in [2.05, 4.69) is 77.1 Å². The van der Waals surface area contributed by atoms with Crippen LogP contribution >= 0.6 is 0 Å². The fourth-order valence-corrected chi connectivity index (χ4v) is 3.60. The molecule has 197 valence electrons. The number of hydrogen-bond acceptors (Lipinski definition) is 3. The van der Waals surface area contributed by atoms with Gasteiger partial charge < -0.3 is 5.11 Å². The van der Waals surface area contributed by atoms with Gasteiger partial charge >= 0.3 is 0 Å². The average molecular weight is 665 g/mol. The molecule has 0 spiro atoms. The van der Waals surface area contributed by atoms with E-state index in [4.69, 9.17) is 4.98 Å². The monoisotopic (exact) mass is 665 g/mol. The van der Waals surface area contributed by atoms with E-state index in [-0.39, 0.29) is 37.1 Å². The summed E-state index contributed by atoms with van der Waals surface area (Å²) in [6.45, 7) is 21.9. The molecule has 0 saturated carbocycles. The summed E-state index contributed by atoms with van der Waals surface area (Å²) >= 11 is 0. The quantitative estimate of drug-likeness (QED) is 0.173. The molecule has 0 aliphatic heterocycles. The van der Waals surface area contributed by atoms with Crippen LogP contribution in [-0.2, 0) is 24.9 Å². The first-order chi connectivity index (χ1) is 16.0. The number of benzene rings is 2. The molecule has 0 bridgehead atoms. The van der Waals surface area contributed by atoms with Crippen molar-refractivity contribution in [1.29, 1.82) is 0 Å². The largest absolute Gasteiger partial charge is 0.512 e. The van der Waals surface area contributed by atoms with Gasteiger partial charge in [0.2, 0.25) is 0 Å². The van der Waals surface area contributed by atoms with Crippen LogP contribution in [0.25, 0.3) is 22.2 Å². The Kier molecular flexibility index (Phi) is 10.8. The van der Waals surface area contributed by atoms with Crippen LogP contribution in [0.1, 0.15) is 83.6 Å². The van der Waals surface area contributed by atoms with Crippen molar-refractivity contribution in [1.82, 2.24) is 4.98 Å². The Morgan fingerprint density at radius 2 is 1.58 bits per heavy atom. The number of carbonyl (C=O) groups is 1. The minimum atomic E-state index is -0.417. The second kappa shape index (κ2) is 12.3. The summed E-state index contributed by atoms with van der Waals surface area (Å²) < 4.78 is 0. The second-order valence-corrected chi connectivity index (χ2v) is 11.9. The van der Waals surface area contributed by atoms with Crippen LogP contribution in [0.15, 0.2) is 48.2 Å². The molecule has 0 saturated heterocycles. The van der Waals surface area contributed by atoms with E-state index in [1.165, 1.54) is 28.2 Å². The van der Waals surface area contributed by atoms with E-state index < -0.39 is 5.41 Å². The summed E-state index contributed by atoms with van der Waals surface area (Å²) in [7, 11) is 0. The van der Waals surface area contributed by atoms with Gasteiger partial charge in [-0.1, -0.05) is 93.0 Å². The number of ketones is 1. The van der Waals surface area contributed by atoms with Crippen LogP contribution in [0.3, 0.4) is 0 Å². The van der Waals surface area contributed by atoms with Crippen LogP contribution in [0.4, 0.5) is 0 Å². The molecular formula is C32H42IrNO2-. The van der Waals surface area contributed by atoms with Gasteiger partial charge in [-0.2, -0.15) is 0 Å². The number of carbonyl (C=O) groups excluding carboxylic acids is 1. The molecule has 0 atom stereocenters. The molecule has 1 radical (unpaired) electrons. The van der Waals surface area contributed by atoms with Crippen molar-refractivity contribution in [2.45, 2.75) is 82.1 Å². The van der Waals surface area contributed by atoms with Crippen LogP contribution in [-0.4, -0.2) is 15.9 Å². The molecule has 3 rings (SSSR count). The molecule has 1 aromatic heterocycles. The molecule has 36 heavy (non-hydrogen) atoms. The van der Waals surface area contributed by atoms with Gasteiger partial charge in [-0.05, 0) is 30.2 Å². The number of aliphatic hydroxyl groups is 1. The number of nitrogens with zero attached hydrogens (tertiary/aromatic N) is 1. The maximum Gasteiger partial charge on any atom is 0.164 e. The topological polar surface area (TPSA) is 50.2 Å². The van der Waals surface area contributed by atoms with Gasteiger partial charge in [0.05, 0.1) is 5.52 Å². The number of aromatic nitrogens is 1. The summed E-state index contributed by atoms with van der Waals surface area (Å²) in [5.74, 6) is 0.535. The molecule has 0 unspecified atom stereocenters. The van der Waals surface area contributed by atoms with Crippen molar-refractivity contribution in [3.8, 4) is 11.3 Å². The van der Waals surface area contributed by atoms with Gasteiger partial charge in [0.1, 0.15) is 5.76 Å². The van der Waals surface area contributed by atoms with Crippen LogP contribution < -0.4 is 0 Å². The third-order valence-corrected chi connectivity index (χ3v) is 5.91.